The molecule has 0 aromatic heterocycles. The molecule has 0 aliphatic carbocycles. The second-order valence-corrected chi connectivity index (χ2v) is 8.30. The molecule has 0 saturated carbocycles. The Labute approximate surface area is 150 Å². The van der Waals surface area contributed by atoms with E-state index in [1.165, 1.54) is 48.5 Å². The lowest BCUT2D eigenvalue weighted by atomic mass is 10.2. The second kappa shape index (κ2) is 7.58. The van der Waals surface area contributed by atoms with Crippen molar-refractivity contribution in [2.24, 2.45) is 0 Å². The highest BCUT2D eigenvalue weighted by atomic mass is 32.2. The van der Waals surface area contributed by atoms with Crippen molar-refractivity contribution in [1.82, 2.24) is 0 Å². The van der Waals surface area contributed by atoms with Crippen LogP contribution in [0.15, 0.2) is 86.3 Å². The highest BCUT2D eigenvalue weighted by molar-refractivity contribution is 7.92. The molecule has 3 aromatic rings. The van der Waals surface area contributed by atoms with Crippen LogP contribution in [-0.2, 0) is 22.4 Å². The van der Waals surface area contributed by atoms with E-state index in [1.807, 2.05) is 0 Å². The van der Waals surface area contributed by atoms with Gasteiger partial charge in [0.25, 0.3) is 0 Å². The van der Waals surface area contributed by atoms with Gasteiger partial charge in [-0.3, -0.25) is 0 Å². The highest BCUT2D eigenvalue weighted by Gasteiger charge is 2.23. The summed E-state index contributed by atoms with van der Waals surface area (Å²) in [5.41, 5.74) is 0.780. The fourth-order valence-electron chi connectivity index (χ4n) is 2.27. The molecule has 0 aliphatic rings. The SMILES string of the molecule is Cc1ccc([S+]([O-])c2ccc(F)cc2)cc1[S+]([O-])c1ccc(F)cc1. The predicted octanol–water partition coefficient (Wildman–Crippen LogP) is 4.61. The summed E-state index contributed by atoms with van der Waals surface area (Å²) in [6.45, 7) is 1.81. The summed E-state index contributed by atoms with van der Waals surface area (Å²) >= 11 is -3.03. The van der Waals surface area contributed by atoms with Gasteiger partial charge in [0.05, 0.1) is 0 Å². The molecule has 2 nitrogen and oxygen atoms in total. The molecule has 25 heavy (non-hydrogen) atoms. The Bertz CT molecular complexity index is 868. The van der Waals surface area contributed by atoms with Gasteiger partial charge < -0.3 is 9.11 Å². The van der Waals surface area contributed by atoms with E-state index in [0.717, 1.165) is 5.56 Å². The maximum absolute atomic E-state index is 13.1. The summed E-state index contributed by atoms with van der Waals surface area (Å²) in [6, 6.07) is 15.9. The zero-order valence-electron chi connectivity index (χ0n) is 13.2. The molecule has 0 radical (unpaired) electrons. The summed E-state index contributed by atoms with van der Waals surface area (Å²) in [7, 11) is 0. The highest BCUT2D eigenvalue weighted by Crippen LogP contribution is 2.29. The molecule has 0 amide bonds. The lowest BCUT2D eigenvalue weighted by molar-refractivity contribution is 0.590. The van der Waals surface area contributed by atoms with Crippen molar-refractivity contribution in [2.45, 2.75) is 26.5 Å². The van der Waals surface area contributed by atoms with E-state index in [-0.39, 0.29) is 0 Å². The molecule has 0 aliphatic heterocycles. The molecule has 0 heterocycles. The minimum absolute atomic E-state index is 0.399. The van der Waals surface area contributed by atoms with Gasteiger partial charge in [0.2, 0.25) is 0 Å². The number of aryl methyl sites for hydroxylation is 1. The van der Waals surface area contributed by atoms with Crippen molar-refractivity contribution in [1.29, 1.82) is 0 Å². The van der Waals surface area contributed by atoms with Crippen LogP contribution in [-0.4, -0.2) is 9.11 Å². The van der Waals surface area contributed by atoms with Crippen LogP contribution in [0.4, 0.5) is 8.78 Å². The van der Waals surface area contributed by atoms with Crippen LogP contribution in [0.3, 0.4) is 0 Å². The first-order chi connectivity index (χ1) is 12.0. The third-order valence-electron chi connectivity index (χ3n) is 3.63. The van der Waals surface area contributed by atoms with Gasteiger partial charge in [0.1, 0.15) is 11.6 Å². The zero-order chi connectivity index (χ0) is 18.0. The fourth-order valence-corrected chi connectivity index (χ4v) is 4.65. The molecule has 0 bridgehead atoms. The van der Waals surface area contributed by atoms with Crippen molar-refractivity contribution in [2.75, 3.05) is 0 Å². The Hall–Kier alpha value is -1.86. The van der Waals surface area contributed by atoms with Crippen molar-refractivity contribution in [3.8, 4) is 0 Å². The molecule has 0 spiro atoms. The average Bonchev–Trinajstić information content (AvgIpc) is 2.62. The predicted molar refractivity (Wildman–Crippen MR) is 93.3 cm³/mol. The molecule has 2 atom stereocenters. The number of hydrogen-bond donors (Lipinski definition) is 0. The van der Waals surface area contributed by atoms with Crippen molar-refractivity contribution in [3.63, 3.8) is 0 Å². The van der Waals surface area contributed by atoms with Crippen LogP contribution < -0.4 is 0 Å². The monoisotopic (exact) mass is 376 g/mol. The average molecular weight is 376 g/mol. The minimum atomic E-state index is -1.51. The van der Waals surface area contributed by atoms with E-state index in [0.29, 0.717) is 19.6 Å². The first kappa shape index (κ1) is 17.9. The standard InChI is InChI=1S/C19H14F2O2S2/c1-13-2-7-18(24(22)16-8-3-14(20)4-9-16)12-19(13)25(23)17-10-5-15(21)6-11-17/h2-12H,1H3. The summed E-state index contributed by atoms with van der Waals surface area (Å²) in [6.07, 6.45) is 0. The molecule has 6 heteroatoms. The van der Waals surface area contributed by atoms with Gasteiger partial charge in [0.15, 0.2) is 19.6 Å². The fraction of sp³-hybridized carbons (Fsp3) is 0.0526. The molecule has 2 unspecified atom stereocenters. The van der Waals surface area contributed by atoms with Crippen LogP contribution in [0.25, 0.3) is 0 Å². The molecule has 3 aromatic carbocycles. The number of hydrogen-bond acceptors (Lipinski definition) is 2. The summed E-state index contributed by atoms with van der Waals surface area (Å²) in [5, 5.41) is 0. The molecule has 128 valence electrons. The summed E-state index contributed by atoms with van der Waals surface area (Å²) in [5.74, 6) is -0.800. The van der Waals surface area contributed by atoms with Crippen molar-refractivity contribution in [3.05, 3.63) is 83.9 Å². The maximum Gasteiger partial charge on any atom is 0.166 e. The Kier molecular flexibility index (Phi) is 5.44. The van der Waals surface area contributed by atoms with Gasteiger partial charge in [-0.2, -0.15) is 0 Å². The largest absolute Gasteiger partial charge is 0.606 e. The minimum Gasteiger partial charge on any atom is -0.606 e. The summed E-state index contributed by atoms with van der Waals surface area (Å²) in [4.78, 5) is 1.92. The van der Waals surface area contributed by atoms with Crippen molar-refractivity contribution >= 4 is 22.4 Å². The van der Waals surface area contributed by atoms with Gasteiger partial charge in [0, 0.05) is 34.0 Å². The van der Waals surface area contributed by atoms with Crippen LogP contribution in [0.5, 0.6) is 0 Å². The Morgan fingerprint density at radius 1 is 0.640 bits per heavy atom. The first-order valence-corrected chi connectivity index (χ1v) is 9.71. The Morgan fingerprint density at radius 3 is 1.60 bits per heavy atom. The van der Waals surface area contributed by atoms with E-state index >= 15 is 0 Å². The van der Waals surface area contributed by atoms with E-state index in [4.69, 9.17) is 0 Å². The van der Waals surface area contributed by atoms with E-state index in [9.17, 15) is 17.9 Å². The number of halogens is 2. The van der Waals surface area contributed by atoms with Crippen molar-refractivity contribution < 1.29 is 17.9 Å². The molecule has 0 N–H and O–H groups in total. The van der Waals surface area contributed by atoms with E-state index < -0.39 is 34.0 Å². The van der Waals surface area contributed by atoms with Crippen LogP contribution in [0, 0.1) is 18.6 Å². The van der Waals surface area contributed by atoms with E-state index in [1.54, 1.807) is 25.1 Å². The Morgan fingerprint density at radius 2 is 1.08 bits per heavy atom. The second-order valence-electron chi connectivity index (χ2n) is 5.37. The quantitative estimate of drug-likeness (QED) is 0.625. The molecule has 0 fully saturated rings. The summed E-state index contributed by atoms with van der Waals surface area (Å²) < 4.78 is 51.5. The van der Waals surface area contributed by atoms with Crippen LogP contribution in [0.2, 0.25) is 0 Å². The first-order valence-electron chi connectivity index (χ1n) is 7.41. The molecular formula is C19H14F2O2S2. The van der Waals surface area contributed by atoms with Gasteiger partial charge in [-0.25, -0.2) is 8.78 Å². The molecule has 3 rings (SSSR count). The van der Waals surface area contributed by atoms with Gasteiger partial charge in [-0.15, -0.1) is 0 Å². The Balaban J connectivity index is 1.94. The smallest absolute Gasteiger partial charge is 0.166 e. The third kappa shape index (κ3) is 4.04. The topological polar surface area (TPSA) is 46.1 Å². The van der Waals surface area contributed by atoms with Gasteiger partial charge in [-0.1, -0.05) is 0 Å². The van der Waals surface area contributed by atoms with Gasteiger partial charge in [-0.05, 0) is 67.6 Å². The zero-order valence-corrected chi connectivity index (χ0v) is 14.9. The van der Waals surface area contributed by atoms with E-state index in [2.05, 4.69) is 0 Å². The number of rotatable bonds is 4. The van der Waals surface area contributed by atoms with Gasteiger partial charge >= 0.3 is 0 Å². The molecular weight excluding hydrogens is 362 g/mol. The van der Waals surface area contributed by atoms with Crippen LogP contribution >= 0.6 is 0 Å². The third-order valence-corrected chi connectivity index (χ3v) is 6.55. The lowest BCUT2D eigenvalue weighted by Gasteiger charge is -2.15. The molecule has 0 saturated heterocycles. The van der Waals surface area contributed by atoms with Crippen LogP contribution in [0.1, 0.15) is 5.56 Å². The number of benzene rings is 3. The maximum atomic E-state index is 13.1. The lowest BCUT2D eigenvalue weighted by Crippen LogP contribution is -2.08. The normalized spacial score (nSPS) is 13.5.